The van der Waals surface area contributed by atoms with Crippen molar-refractivity contribution in [3.63, 3.8) is 0 Å². The average Bonchev–Trinajstić information content (AvgIpc) is 2.40. The molecule has 7 heteroatoms. The summed E-state index contributed by atoms with van der Waals surface area (Å²) in [6, 6.07) is 2.35. The first-order valence-corrected chi connectivity index (χ1v) is 8.08. The fourth-order valence-corrected chi connectivity index (χ4v) is 4.22. The molecule has 112 valence electrons. The van der Waals surface area contributed by atoms with Crippen LogP contribution < -0.4 is 5.32 Å². The van der Waals surface area contributed by atoms with Crippen LogP contribution in [0.25, 0.3) is 0 Å². The van der Waals surface area contributed by atoms with Crippen molar-refractivity contribution in [2.75, 3.05) is 19.6 Å². The van der Waals surface area contributed by atoms with Crippen LogP contribution in [0.5, 0.6) is 0 Å². The first kappa shape index (κ1) is 15.3. The zero-order valence-corrected chi connectivity index (χ0v) is 12.1. The lowest BCUT2D eigenvalue weighted by molar-refractivity contribution is 0.273. The number of nitrogens with zero attached hydrogens (tertiary/aromatic N) is 1. The molecule has 0 amide bonds. The van der Waals surface area contributed by atoms with Gasteiger partial charge in [-0.1, -0.05) is 6.92 Å². The summed E-state index contributed by atoms with van der Waals surface area (Å²) < 4.78 is 53.0. The third-order valence-electron chi connectivity index (χ3n) is 3.47. The van der Waals surface area contributed by atoms with Crippen molar-refractivity contribution in [2.24, 2.45) is 0 Å². The zero-order chi connectivity index (χ0) is 14.8. The Morgan fingerprint density at radius 1 is 1.40 bits per heavy atom. The largest absolute Gasteiger partial charge is 0.315 e. The summed E-state index contributed by atoms with van der Waals surface area (Å²) in [4.78, 5) is -0.466. The Balaban J connectivity index is 2.35. The predicted molar refractivity (Wildman–Crippen MR) is 71.8 cm³/mol. The number of piperidine rings is 1. The van der Waals surface area contributed by atoms with Gasteiger partial charge in [-0.3, -0.25) is 0 Å². The second-order valence-corrected chi connectivity index (χ2v) is 6.64. The SMILES string of the molecule is CCN(C1CCCNC1)S(=O)(=O)c1ccc(F)cc1F. The highest BCUT2D eigenvalue weighted by molar-refractivity contribution is 7.89. The van der Waals surface area contributed by atoms with Gasteiger partial charge in [-0.15, -0.1) is 0 Å². The van der Waals surface area contributed by atoms with Crippen molar-refractivity contribution in [2.45, 2.75) is 30.7 Å². The summed E-state index contributed by atoms with van der Waals surface area (Å²) in [7, 11) is -3.95. The molecule has 1 aromatic carbocycles. The van der Waals surface area contributed by atoms with Gasteiger partial charge in [0.25, 0.3) is 0 Å². The number of halogens is 2. The quantitative estimate of drug-likeness (QED) is 0.921. The van der Waals surface area contributed by atoms with Crippen LogP contribution in [0.3, 0.4) is 0 Å². The van der Waals surface area contributed by atoms with Gasteiger partial charge in [-0.2, -0.15) is 4.31 Å². The molecular formula is C13H18F2N2O2S. The van der Waals surface area contributed by atoms with Crippen molar-refractivity contribution >= 4 is 10.0 Å². The number of benzene rings is 1. The maximum atomic E-state index is 13.7. The first-order chi connectivity index (χ1) is 9.46. The second-order valence-electron chi connectivity index (χ2n) is 4.78. The molecular weight excluding hydrogens is 286 g/mol. The van der Waals surface area contributed by atoms with Crippen molar-refractivity contribution < 1.29 is 17.2 Å². The number of hydrogen-bond acceptors (Lipinski definition) is 3. The lowest BCUT2D eigenvalue weighted by Crippen LogP contribution is -2.48. The van der Waals surface area contributed by atoms with Gasteiger partial charge in [0, 0.05) is 25.2 Å². The van der Waals surface area contributed by atoms with Crippen LogP contribution in [-0.2, 0) is 10.0 Å². The Hall–Kier alpha value is -1.05. The van der Waals surface area contributed by atoms with E-state index in [4.69, 9.17) is 0 Å². The Morgan fingerprint density at radius 3 is 2.70 bits per heavy atom. The van der Waals surface area contributed by atoms with Crippen molar-refractivity contribution in [3.8, 4) is 0 Å². The summed E-state index contributed by atoms with van der Waals surface area (Å²) in [5, 5.41) is 3.14. The van der Waals surface area contributed by atoms with Gasteiger partial charge < -0.3 is 5.32 Å². The summed E-state index contributed by atoms with van der Waals surface area (Å²) in [5.74, 6) is -1.84. The molecule has 0 saturated carbocycles. The monoisotopic (exact) mass is 304 g/mol. The van der Waals surface area contributed by atoms with E-state index < -0.39 is 26.6 Å². The summed E-state index contributed by atoms with van der Waals surface area (Å²) in [5.41, 5.74) is 0. The zero-order valence-electron chi connectivity index (χ0n) is 11.3. The smallest absolute Gasteiger partial charge is 0.246 e. The first-order valence-electron chi connectivity index (χ1n) is 6.64. The molecule has 1 aliphatic rings. The van der Waals surface area contributed by atoms with Crippen molar-refractivity contribution in [3.05, 3.63) is 29.8 Å². The van der Waals surface area contributed by atoms with Crippen LogP contribution in [0, 0.1) is 11.6 Å². The molecule has 20 heavy (non-hydrogen) atoms. The van der Waals surface area contributed by atoms with E-state index in [0.717, 1.165) is 31.5 Å². The molecule has 1 heterocycles. The molecule has 1 atom stereocenters. The second kappa shape index (κ2) is 6.15. The molecule has 1 unspecified atom stereocenters. The number of nitrogens with one attached hydrogen (secondary N) is 1. The van der Waals surface area contributed by atoms with Crippen molar-refractivity contribution in [1.29, 1.82) is 0 Å². The Morgan fingerprint density at radius 2 is 2.15 bits per heavy atom. The van der Waals surface area contributed by atoms with E-state index in [9.17, 15) is 17.2 Å². The van der Waals surface area contributed by atoms with E-state index in [1.165, 1.54) is 4.31 Å². The normalized spacial score (nSPS) is 20.3. The minimum atomic E-state index is -3.95. The van der Waals surface area contributed by atoms with Gasteiger partial charge in [0.1, 0.15) is 16.5 Å². The molecule has 2 rings (SSSR count). The fraction of sp³-hybridized carbons (Fsp3) is 0.538. The van der Waals surface area contributed by atoms with E-state index in [0.29, 0.717) is 12.6 Å². The van der Waals surface area contributed by atoms with Crippen LogP contribution in [0.4, 0.5) is 8.78 Å². The molecule has 1 N–H and O–H groups in total. The van der Waals surface area contributed by atoms with E-state index in [1.807, 2.05) is 0 Å². The molecule has 4 nitrogen and oxygen atoms in total. The van der Waals surface area contributed by atoms with E-state index in [-0.39, 0.29) is 12.6 Å². The van der Waals surface area contributed by atoms with Gasteiger partial charge in [0.05, 0.1) is 0 Å². The molecule has 0 aromatic heterocycles. The third kappa shape index (κ3) is 2.99. The van der Waals surface area contributed by atoms with E-state index in [2.05, 4.69) is 5.32 Å². The third-order valence-corrected chi connectivity index (χ3v) is 5.53. The molecule has 0 radical (unpaired) electrons. The van der Waals surface area contributed by atoms with E-state index >= 15 is 0 Å². The average molecular weight is 304 g/mol. The molecule has 1 fully saturated rings. The highest BCUT2D eigenvalue weighted by Crippen LogP contribution is 2.24. The highest BCUT2D eigenvalue weighted by Gasteiger charge is 2.32. The minimum absolute atomic E-state index is 0.191. The molecule has 0 spiro atoms. The number of sulfonamides is 1. The number of likely N-dealkylation sites (N-methyl/N-ethyl adjacent to an activating group) is 1. The van der Waals surface area contributed by atoms with Crippen LogP contribution in [0.1, 0.15) is 19.8 Å². The Bertz CT molecular complexity index is 572. The van der Waals surface area contributed by atoms with Crippen LogP contribution in [0.2, 0.25) is 0 Å². The minimum Gasteiger partial charge on any atom is -0.315 e. The van der Waals surface area contributed by atoms with E-state index in [1.54, 1.807) is 6.92 Å². The maximum absolute atomic E-state index is 13.7. The van der Waals surface area contributed by atoms with Gasteiger partial charge in [-0.05, 0) is 31.5 Å². The summed E-state index contributed by atoms with van der Waals surface area (Å²) in [6.45, 7) is 3.38. The number of rotatable bonds is 4. The van der Waals surface area contributed by atoms with Crippen molar-refractivity contribution in [1.82, 2.24) is 9.62 Å². The van der Waals surface area contributed by atoms with Crippen LogP contribution in [-0.4, -0.2) is 38.4 Å². The van der Waals surface area contributed by atoms with Crippen LogP contribution >= 0.6 is 0 Å². The maximum Gasteiger partial charge on any atom is 0.246 e. The predicted octanol–water partition coefficient (Wildman–Crippen LogP) is 1.73. The van der Waals surface area contributed by atoms with Crippen LogP contribution in [0.15, 0.2) is 23.1 Å². The number of hydrogen-bond donors (Lipinski definition) is 1. The molecule has 1 aliphatic heterocycles. The standard InChI is InChI=1S/C13H18F2N2O2S/c1-2-17(11-4-3-7-16-9-11)20(18,19)13-6-5-10(14)8-12(13)15/h5-6,8,11,16H,2-4,7,9H2,1H3. The van der Waals surface area contributed by atoms with Gasteiger partial charge in [0.2, 0.25) is 10.0 Å². The summed E-state index contributed by atoms with van der Waals surface area (Å²) in [6.07, 6.45) is 1.62. The molecule has 0 bridgehead atoms. The van der Waals surface area contributed by atoms with Gasteiger partial charge in [-0.25, -0.2) is 17.2 Å². The lowest BCUT2D eigenvalue weighted by atomic mass is 10.1. The lowest BCUT2D eigenvalue weighted by Gasteiger charge is -2.33. The van der Waals surface area contributed by atoms with Gasteiger partial charge >= 0.3 is 0 Å². The Kier molecular flexibility index (Phi) is 4.72. The summed E-state index contributed by atoms with van der Waals surface area (Å²) >= 11 is 0. The Labute approximate surface area is 117 Å². The highest BCUT2D eigenvalue weighted by atomic mass is 32.2. The fourth-order valence-electron chi connectivity index (χ4n) is 2.51. The molecule has 0 aliphatic carbocycles. The molecule has 1 saturated heterocycles. The topological polar surface area (TPSA) is 49.4 Å². The molecule has 1 aromatic rings. The van der Waals surface area contributed by atoms with Gasteiger partial charge in [0.15, 0.2) is 0 Å².